The van der Waals surface area contributed by atoms with Gasteiger partial charge in [-0.15, -0.1) is 0 Å². The third-order valence-electron chi connectivity index (χ3n) is 2.91. The van der Waals surface area contributed by atoms with E-state index < -0.39 is 5.97 Å². The summed E-state index contributed by atoms with van der Waals surface area (Å²) >= 11 is 0. The number of carbonyl (C=O) groups is 1. The summed E-state index contributed by atoms with van der Waals surface area (Å²) in [6.45, 7) is 0. The maximum absolute atomic E-state index is 11.4. The molecule has 1 aromatic carbocycles. The van der Waals surface area contributed by atoms with Crippen LogP contribution in [0.4, 0.5) is 0 Å². The standard InChI is InChI=1S/C15H10N2O2/c18-15(19)12-9-11-3-1-2-4-13(11)17-14(12)10-5-7-16-8-6-10/h1-9H,(H,18,19). The first kappa shape index (κ1) is 11.3. The number of pyridine rings is 2. The van der Waals surface area contributed by atoms with E-state index in [4.69, 9.17) is 0 Å². The number of aromatic nitrogens is 2. The zero-order valence-electron chi connectivity index (χ0n) is 9.95. The van der Waals surface area contributed by atoms with Crippen LogP contribution in [0.25, 0.3) is 22.2 Å². The van der Waals surface area contributed by atoms with Crippen LogP contribution < -0.4 is 0 Å². The highest BCUT2D eigenvalue weighted by Gasteiger charge is 2.14. The van der Waals surface area contributed by atoms with E-state index in [0.717, 1.165) is 16.5 Å². The Labute approximate surface area is 109 Å². The number of hydrogen-bond donors (Lipinski definition) is 1. The van der Waals surface area contributed by atoms with E-state index in [0.29, 0.717) is 5.69 Å². The van der Waals surface area contributed by atoms with Crippen molar-refractivity contribution in [1.82, 2.24) is 9.97 Å². The van der Waals surface area contributed by atoms with Gasteiger partial charge in [0.1, 0.15) is 0 Å². The third-order valence-corrected chi connectivity index (χ3v) is 2.91. The van der Waals surface area contributed by atoms with Gasteiger partial charge in [0.25, 0.3) is 0 Å². The minimum atomic E-state index is -0.981. The topological polar surface area (TPSA) is 63.1 Å². The van der Waals surface area contributed by atoms with E-state index in [1.807, 2.05) is 24.3 Å². The second-order valence-electron chi connectivity index (χ2n) is 4.12. The van der Waals surface area contributed by atoms with Crippen LogP contribution >= 0.6 is 0 Å². The molecule has 0 spiro atoms. The lowest BCUT2D eigenvalue weighted by Crippen LogP contribution is -2.02. The minimum absolute atomic E-state index is 0.199. The van der Waals surface area contributed by atoms with Gasteiger partial charge >= 0.3 is 5.97 Å². The highest BCUT2D eigenvalue weighted by atomic mass is 16.4. The number of carboxylic acids is 1. The van der Waals surface area contributed by atoms with Crippen LogP contribution in [0.2, 0.25) is 0 Å². The third kappa shape index (κ3) is 2.04. The second-order valence-corrected chi connectivity index (χ2v) is 4.12. The molecular weight excluding hydrogens is 240 g/mol. The predicted molar refractivity (Wildman–Crippen MR) is 71.9 cm³/mol. The summed E-state index contributed by atoms with van der Waals surface area (Å²) in [6.07, 6.45) is 3.25. The molecule has 0 bridgehead atoms. The average molecular weight is 250 g/mol. The molecule has 0 radical (unpaired) electrons. The second kappa shape index (κ2) is 4.49. The Bertz CT molecular complexity index is 754. The maximum atomic E-state index is 11.4. The van der Waals surface area contributed by atoms with Crippen molar-refractivity contribution < 1.29 is 9.90 Å². The van der Waals surface area contributed by atoms with Gasteiger partial charge in [-0.3, -0.25) is 4.98 Å². The van der Waals surface area contributed by atoms with Crippen LogP contribution in [0.1, 0.15) is 10.4 Å². The Kier molecular flexibility index (Phi) is 2.68. The molecule has 0 unspecified atom stereocenters. The number of benzene rings is 1. The summed E-state index contributed by atoms with van der Waals surface area (Å²) in [5, 5.41) is 10.1. The molecule has 0 saturated heterocycles. The molecular formula is C15H10N2O2. The van der Waals surface area contributed by atoms with Crippen LogP contribution in [-0.2, 0) is 0 Å². The van der Waals surface area contributed by atoms with Crippen molar-refractivity contribution in [3.05, 3.63) is 60.4 Å². The molecule has 0 aliphatic heterocycles. The Hall–Kier alpha value is -2.75. The summed E-state index contributed by atoms with van der Waals surface area (Å²) in [5.41, 5.74) is 2.19. The Morgan fingerprint density at radius 1 is 1.05 bits per heavy atom. The molecule has 0 aliphatic rings. The normalized spacial score (nSPS) is 10.5. The molecule has 0 fully saturated rings. The van der Waals surface area contributed by atoms with Gasteiger partial charge in [0.05, 0.1) is 16.8 Å². The number of rotatable bonds is 2. The van der Waals surface area contributed by atoms with Gasteiger partial charge in [0.2, 0.25) is 0 Å². The van der Waals surface area contributed by atoms with Gasteiger partial charge in [0, 0.05) is 23.3 Å². The summed E-state index contributed by atoms with van der Waals surface area (Å²) in [6, 6.07) is 12.6. The van der Waals surface area contributed by atoms with Crippen molar-refractivity contribution in [2.75, 3.05) is 0 Å². The fourth-order valence-electron chi connectivity index (χ4n) is 2.01. The summed E-state index contributed by atoms with van der Waals surface area (Å²) < 4.78 is 0. The smallest absolute Gasteiger partial charge is 0.337 e. The van der Waals surface area contributed by atoms with Gasteiger partial charge in [0.15, 0.2) is 0 Å². The number of carboxylic acid groups (broad SMARTS) is 1. The van der Waals surface area contributed by atoms with Gasteiger partial charge in [-0.25, -0.2) is 9.78 Å². The maximum Gasteiger partial charge on any atom is 0.337 e. The van der Waals surface area contributed by atoms with Crippen molar-refractivity contribution in [3.63, 3.8) is 0 Å². The molecule has 4 nitrogen and oxygen atoms in total. The SMILES string of the molecule is O=C(O)c1cc2ccccc2nc1-c1ccncc1. The van der Waals surface area contributed by atoms with Crippen molar-refractivity contribution in [2.24, 2.45) is 0 Å². The molecule has 2 heterocycles. The lowest BCUT2D eigenvalue weighted by molar-refractivity contribution is 0.0697. The molecule has 0 saturated carbocycles. The fraction of sp³-hybridized carbons (Fsp3) is 0. The monoisotopic (exact) mass is 250 g/mol. The number of fused-ring (bicyclic) bond motifs is 1. The van der Waals surface area contributed by atoms with Crippen molar-refractivity contribution in [2.45, 2.75) is 0 Å². The van der Waals surface area contributed by atoms with Crippen molar-refractivity contribution in [3.8, 4) is 11.3 Å². The zero-order chi connectivity index (χ0) is 13.2. The molecule has 0 atom stereocenters. The largest absolute Gasteiger partial charge is 0.478 e. The molecule has 2 aromatic heterocycles. The molecule has 4 heteroatoms. The Morgan fingerprint density at radius 3 is 2.53 bits per heavy atom. The van der Waals surface area contributed by atoms with Gasteiger partial charge in [-0.05, 0) is 24.3 Å². The molecule has 92 valence electrons. The van der Waals surface area contributed by atoms with E-state index in [1.54, 1.807) is 30.6 Å². The first-order valence-corrected chi connectivity index (χ1v) is 5.79. The first-order chi connectivity index (χ1) is 9.25. The van der Waals surface area contributed by atoms with Crippen LogP contribution in [0.5, 0.6) is 0 Å². The van der Waals surface area contributed by atoms with Crippen molar-refractivity contribution >= 4 is 16.9 Å². The van der Waals surface area contributed by atoms with Crippen molar-refractivity contribution in [1.29, 1.82) is 0 Å². The number of nitrogens with zero attached hydrogens (tertiary/aromatic N) is 2. The van der Waals surface area contributed by atoms with E-state index in [-0.39, 0.29) is 5.56 Å². The van der Waals surface area contributed by atoms with Gasteiger partial charge < -0.3 is 5.11 Å². The van der Waals surface area contributed by atoms with Crippen LogP contribution in [0.15, 0.2) is 54.9 Å². The molecule has 3 aromatic rings. The highest BCUT2D eigenvalue weighted by molar-refractivity contribution is 5.99. The predicted octanol–water partition coefficient (Wildman–Crippen LogP) is 3.00. The molecule has 19 heavy (non-hydrogen) atoms. The minimum Gasteiger partial charge on any atom is -0.478 e. The molecule has 0 amide bonds. The average Bonchev–Trinajstić information content (AvgIpc) is 2.46. The van der Waals surface area contributed by atoms with E-state index >= 15 is 0 Å². The van der Waals surface area contributed by atoms with E-state index in [2.05, 4.69) is 9.97 Å². The number of aromatic carboxylic acids is 1. The summed E-state index contributed by atoms with van der Waals surface area (Å²) in [7, 11) is 0. The summed E-state index contributed by atoms with van der Waals surface area (Å²) in [5.74, 6) is -0.981. The fourth-order valence-corrected chi connectivity index (χ4v) is 2.01. The van der Waals surface area contributed by atoms with Gasteiger partial charge in [-0.1, -0.05) is 18.2 Å². The lowest BCUT2D eigenvalue weighted by Gasteiger charge is -2.07. The number of para-hydroxylation sites is 1. The van der Waals surface area contributed by atoms with E-state index in [9.17, 15) is 9.90 Å². The lowest BCUT2D eigenvalue weighted by atomic mass is 10.0. The summed E-state index contributed by atoms with van der Waals surface area (Å²) in [4.78, 5) is 19.8. The zero-order valence-corrected chi connectivity index (χ0v) is 9.95. The van der Waals surface area contributed by atoms with Gasteiger partial charge in [-0.2, -0.15) is 0 Å². The Balaban J connectivity index is 2.33. The molecule has 0 aliphatic carbocycles. The quantitative estimate of drug-likeness (QED) is 0.759. The molecule has 1 N–H and O–H groups in total. The molecule has 3 rings (SSSR count). The first-order valence-electron chi connectivity index (χ1n) is 5.79. The van der Waals surface area contributed by atoms with E-state index in [1.165, 1.54) is 0 Å². The van der Waals surface area contributed by atoms with Crippen LogP contribution in [0, 0.1) is 0 Å². The number of hydrogen-bond acceptors (Lipinski definition) is 3. The Morgan fingerprint density at radius 2 is 1.79 bits per heavy atom. The van der Waals surface area contributed by atoms with Crippen LogP contribution in [-0.4, -0.2) is 21.0 Å². The van der Waals surface area contributed by atoms with Crippen LogP contribution in [0.3, 0.4) is 0 Å². The highest BCUT2D eigenvalue weighted by Crippen LogP contribution is 2.25.